The molecule has 0 radical (unpaired) electrons. The highest BCUT2D eigenvalue weighted by atomic mass is 35.5. The first-order valence-corrected chi connectivity index (χ1v) is 33.5. The van der Waals surface area contributed by atoms with E-state index in [0.717, 1.165) is 42.5 Å². The van der Waals surface area contributed by atoms with Gasteiger partial charge < -0.3 is 112 Å². The number of ether oxygens (including phenoxy) is 6. The molecule has 12 rings (SSSR count). The second-order valence-corrected chi connectivity index (χ2v) is 27.8. The number of carbonyl (C=O) groups excluding carboxylic acids is 7. The van der Waals surface area contributed by atoms with Gasteiger partial charge in [0, 0.05) is 59.9 Å². The van der Waals surface area contributed by atoms with Crippen LogP contribution in [-0.2, 0) is 52.6 Å². The lowest BCUT2D eigenvalue weighted by atomic mass is 9.84. The number of amides is 5. The molecule has 0 spiro atoms. The number of phenolic OH excluding ortho intramolecular Hbond substituents is 3. The number of benzene rings is 4. The number of aliphatic hydroxyl groups is 6. The lowest BCUT2D eigenvalue weighted by Crippen LogP contribution is -2.64. The topological polar surface area (TPSA) is 494 Å². The fourth-order valence-electron chi connectivity index (χ4n) is 13.5. The summed E-state index contributed by atoms with van der Waals surface area (Å²) in [7, 11) is 0. The van der Waals surface area contributed by atoms with Crippen LogP contribution < -0.4 is 46.9 Å². The molecule has 4 aromatic carbocycles. The number of fused-ring (bicyclic) bond motifs is 15. The molecule has 18 N–H and O–H groups in total. The Morgan fingerprint density at radius 2 is 1.50 bits per heavy atom. The molecule has 544 valence electrons. The second kappa shape index (κ2) is 30.6. The molecule has 5 amide bonds. The summed E-state index contributed by atoms with van der Waals surface area (Å²) in [6.07, 6.45) is -17.6. The standard InChI is InChI=1S/C69H80Cl2N6O24/c1-6-28(13-26(2)3)63(90)76-54-42(82)17-33(20-49(72)84)64(91)74-52-32-18-46(97-44-11-8-30(56(54)85)15-38(44)70)60(101-68-61(59(88)58(87)48(25-78)99-68)100-50-24-69(5,73)62(89)27(4)96-50)47(19-32)98-45-12-9-31(16-39(45)71)57(86)55-66(93)75-53(67(94)95)37-21-34(79)22-41(81)51(37)36-14-29(7-10-40(36)80)35(23-43(52)83)65(92)77-55/h7-12,14-15,18-19,21-22,26-28,33,35,39,48,50,52-59,61-62,68,78-81,85-89H,6,13,16-17,20,23-25,73H2,1-5H3,(H2,72,84)(H,74,91)(H,75,93)(H,76,90)(H,77,92)(H,94,95)/t27-,28+,33-,35+,39?,48+,50-,52+,53+,54-,55-,56+,57+,58+,59-,61+,62+,68-,69-/m0/s1. The van der Waals surface area contributed by atoms with Gasteiger partial charge in [-0.25, -0.2) is 4.79 Å². The quantitative estimate of drug-likeness (QED) is 0.0855. The smallest absolute Gasteiger partial charge is 0.330 e. The van der Waals surface area contributed by atoms with Crippen LogP contribution in [0.4, 0.5) is 0 Å². The SMILES string of the molecule is CC[C@H](CC(C)C)C(=O)N[C@H]1C(=O)C[C@@H](CC(N)=O)C(=O)N[C@H]2C(=O)C[C@H]3C(=O)N[C@H](C(=O)N[C@@H](C(=O)O)c4cc(O)cc(O)c4-c4cc3ccc4O)[C@H](O)C3=CC=C(Oc4cc2cc(c4O[C@@H]2O[C@H](CO)[C@@H](O)[C@H](O)[C@H]2O[C@H]2C[C@](C)(N)[C@H](O)[C@H](C)O2)Oc2ccc(cc2Cl)[C@H]1O)C(Cl)C3. The molecule has 30 nitrogen and oxygen atoms in total. The molecule has 101 heavy (non-hydrogen) atoms. The van der Waals surface area contributed by atoms with Gasteiger partial charge in [-0.15, -0.1) is 11.6 Å². The molecule has 0 aromatic heterocycles. The number of carboxylic acid groups (broad SMARTS) is 1. The Hall–Kier alpha value is -8.50. The van der Waals surface area contributed by atoms with Crippen LogP contribution in [-0.4, -0.2) is 183 Å². The van der Waals surface area contributed by atoms with E-state index in [0.29, 0.717) is 12.8 Å². The number of nitrogens with one attached hydrogen (secondary N) is 4. The maximum Gasteiger partial charge on any atom is 0.330 e. The summed E-state index contributed by atoms with van der Waals surface area (Å²) in [5.41, 5.74) is 8.77. The highest BCUT2D eigenvalue weighted by molar-refractivity contribution is 6.32. The van der Waals surface area contributed by atoms with Gasteiger partial charge >= 0.3 is 5.97 Å². The number of primary amides is 1. The molecule has 19 atom stereocenters. The Morgan fingerprint density at radius 1 is 0.792 bits per heavy atom. The van der Waals surface area contributed by atoms with Crippen molar-refractivity contribution >= 4 is 70.3 Å². The third-order valence-electron chi connectivity index (χ3n) is 18.9. The van der Waals surface area contributed by atoms with E-state index in [2.05, 4.69) is 21.3 Å². The third-order valence-corrected chi connectivity index (χ3v) is 19.6. The molecule has 4 aromatic rings. The average molecular weight is 1450 g/mol. The summed E-state index contributed by atoms with van der Waals surface area (Å²) in [6.45, 7) is 7.57. The van der Waals surface area contributed by atoms with Crippen LogP contribution in [0.2, 0.25) is 5.02 Å². The molecular formula is C69H80Cl2N6O24. The molecule has 11 bridgehead atoms. The number of carboxylic acids is 1. The van der Waals surface area contributed by atoms with E-state index < -0.39 is 245 Å². The molecule has 8 aliphatic rings. The van der Waals surface area contributed by atoms with Crippen LogP contribution in [0.15, 0.2) is 84.1 Å². The van der Waals surface area contributed by atoms with Crippen LogP contribution in [0.5, 0.6) is 40.2 Å². The summed E-state index contributed by atoms with van der Waals surface area (Å²) in [4.78, 5) is 118. The van der Waals surface area contributed by atoms with E-state index in [4.69, 9.17) is 63.1 Å². The second-order valence-electron chi connectivity index (χ2n) is 26.9. The average Bonchev–Trinajstić information content (AvgIpc) is 0.771. The fraction of sp³-hybridized carbons (Fsp3) is 0.478. The number of aromatic hydroxyl groups is 3. The molecule has 1 aliphatic carbocycles. The van der Waals surface area contributed by atoms with Crippen molar-refractivity contribution in [3.05, 3.63) is 111 Å². The molecular weight excluding hydrogens is 1370 g/mol. The van der Waals surface area contributed by atoms with Crippen molar-refractivity contribution in [2.24, 2.45) is 29.2 Å². The minimum Gasteiger partial charge on any atom is -0.508 e. The van der Waals surface area contributed by atoms with Crippen LogP contribution in [0, 0.1) is 17.8 Å². The van der Waals surface area contributed by atoms with Crippen LogP contribution >= 0.6 is 23.2 Å². The molecule has 7 aliphatic heterocycles. The Bertz CT molecular complexity index is 3980. The van der Waals surface area contributed by atoms with E-state index in [-0.39, 0.29) is 51.1 Å². The van der Waals surface area contributed by atoms with Gasteiger partial charge in [-0.3, -0.25) is 33.6 Å². The van der Waals surface area contributed by atoms with Crippen molar-refractivity contribution in [3.63, 3.8) is 0 Å². The molecule has 0 saturated carbocycles. The lowest BCUT2D eigenvalue weighted by Gasteiger charge is -2.47. The molecule has 1 unspecified atom stereocenters. The number of Topliss-reactive ketones (excluding diaryl/α,β-unsaturated/α-hetero) is 2. The number of rotatable bonds is 13. The van der Waals surface area contributed by atoms with Crippen molar-refractivity contribution in [3.8, 4) is 51.4 Å². The molecule has 32 heteroatoms. The van der Waals surface area contributed by atoms with E-state index in [1.165, 1.54) is 44.2 Å². The largest absolute Gasteiger partial charge is 0.508 e. The maximum absolute atomic E-state index is 16.2. The third kappa shape index (κ3) is 16.1. The van der Waals surface area contributed by atoms with Gasteiger partial charge in [-0.2, -0.15) is 0 Å². The number of phenols is 3. The number of hydrogen-bond donors (Lipinski definition) is 16. The van der Waals surface area contributed by atoms with E-state index >= 15 is 14.4 Å². The number of aliphatic carboxylic acids is 1. The maximum atomic E-state index is 16.2. The Labute approximate surface area is 587 Å². The van der Waals surface area contributed by atoms with Crippen LogP contribution in [0.1, 0.15) is 126 Å². The summed E-state index contributed by atoms with van der Waals surface area (Å²) in [5, 5.41) is 123. The van der Waals surface area contributed by atoms with Crippen LogP contribution in [0.3, 0.4) is 0 Å². The van der Waals surface area contributed by atoms with Gasteiger partial charge in [-0.1, -0.05) is 50.6 Å². The van der Waals surface area contributed by atoms with Crippen LogP contribution in [0.25, 0.3) is 11.1 Å². The monoisotopic (exact) mass is 1450 g/mol. The Morgan fingerprint density at radius 3 is 2.14 bits per heavy atom. The van der Waals surface area contributed by atoms with Gasteiger partial charge in [0.2, 0.25) is 41.6 Å². The molecule has 2 saturated heterocycles. The lowest BCUT2D eigenvalue weighted by molar-refractivity contribution is -0.333. The van der Waals surface area contributed by atoms with Crippen molar-refractivity contribution in [2.75, 3.05) is 6.61 Å². The number of alkyl halides is 1. The predicted molar refractivity (Wildman–Crippen MR) is 353 cm³/mol. The van der Waals surface area contributed by atoms with Crippen molar-refractivity contribution in [1.82, 2.24) is 21.3 Å². The van der Waals surface area contributed by atoms with Gasteiger partial charge in [0.1, 0.15) is 77.4 Å². The van der Waals surface area contributed by atoms with Gasteiger partial charge in [0.15, 0.2) is 41.5 Å². The summed E-state index contributed by atoms with van der Waals surface area (Å²) in [6, 6.07) is 2.46. The zero-order chi connectivity index (χ0) is 73.5. The van der Waals surface area contributed by atoms with Gasteiger partial charge in [-0.05, 0) is 110 Å². The normalized spacial score (nSPS) is 31.2. The number of aliphatic hydroxyl groups excluding tert-OH is 6. The fourth-order valence-corrected chi connectivity index (χ4v) is 14.0. The van der Waals surface area contributed by atoms with Crippen molar-refractivity contribution in [2.45, 2.75) is 182 Å². The minimum absolute atomic E-state index is 0.0119. The number of hydrogen-bond acceptors (Lipinski definition) is 24. The zero-order valence-electron chi connectivity index (χ0n) is 55.2. The van der Waals surface area contributed by atoms with Gasteiger partial charge in [0.25, 0.3) is 0 Å². The van der Waals surface area contributed by atoms with E-state index in [1.54, 1.807) is 6.92 Å². The first kappa shape index (κ1) is 75.2. The zero-order valence-corrected chi connectivity index (χ0v) is 56.7. The molecule has 2 fully saturated rings. The molecule has 7 heterocycles. The van der Waals surface area contributed by atoms with Crippen molar-refractivity contribution in [1.29, 1.82) is 0 Å². The highest BCUT2D eigenvalue weighted by Crippen LogP contribution is 2.50. The number of allylic oxidation sites excluding steroid dienone is 3. The highest BCUT2D eigenvalue weighted by Gasteiger charge is 2.52. The number of ketones is 2. The number of carbonyl (C=O) groups is 8. The Kier molecular flexibility index (Phi) is 22.8. The van der Waals surface area contributed by atoms with E-state index in [9.17, 15) is 75.0 Å². The summed E-state index contributed by atoms with van der Waals surface area (Å²) >= 11 is 14.3. The minimum atomic E-state index is -2.21. The number of nitrogens with two attached hydrogens (primary N) is 2. The number of halogens is 2. The predicted octanol–water partition coefficient (Wildman–Crippen LogP) is 2.60. The first-order chi connectivity index (χ1) is 47.7. The summed E-state index contributed by atoms with van der Waals surface area (Å²) in [5.74, 6) is -18.5. The van der Waals surface area contributed by atoms with Gasteiger partial charge in [0.05, 0.1) is 41.1 Å². The first-order valence-electron chi connectivity index (χ1n) is 32.6. The Balaban J connectivity index is 1.24. The van der Waals surface area contributed by atoms with E-state index in [1.807, 2.05) is 13.8 Å². The van der Waals surface area contributed by atoms with Crippen molar-refractivity contribution < 1.29 is 118 Å². The summed E-state index contributed by atoms with van der Waals surface area (Å²) < 4.78 is 38.6.